The van der Waals surface area contributed by atoms with Gasteiger partial charge in [0.15, 0.2) is 5.96 Å². The van der Waals surface area contributed by atoms with E-state index in [9.17, 15) is 0 Å². The second-order valence-electron chi connectivity index (χ2n) is 5.87. The van der Waals surface area contributed by atoms with Crippen molar-refractivity contribution >= 4 is 29.9 Å². The van der Waals surface area contributed by atoms with Gasteiger partial charge in [-0.25, -0.2) is 0 Å². The molecule has 0 radical (unpaired) electrons. The number of hydrogen-bond acceptors (Lipinski definition) is 3. The fourth-order valence-electron chi connectivity index (χ4n) is 2.90. The Morgan fingerprint density at radius 2 is 1.86 bits per heavy atom. The monoisotopic (exact) mass is 427 g/mol. The number of nitrogens with one attached hydrogen (secondary N) is 2. The summed E-state index contributed by atoms with van der Waals surface area (Å²) in [4.78, 5) is 4.30. The molecule has 1 saturated carbocycles. The first-order chi connectivity index (χ1) is 10.3. The molecule has 0 aliphatic heterocycles. The van der Waals surface area contributed by atoms with Crippen molar-refractivity contribution in [1.82, 2.24) is 10.6 Å². The van der Waals surface area contributed by atoms with Crippen LogP contribution in [0.1, 0.15) is 45.4 Å². The number of nitrogens with zero attached hydrogens (tertiary/aromatic N) is 1. The van der Waals surface area contributed by atoms with Crippen molar-refractivity contribution in [2.75, 3.05) is 47.1 Å². The first-order valence-corrected chi connectivity index (χ1v) is 8.27. The van der Waals surface area contributed by atoms with Gasteiger partial charge in [0.05, 0.1) is 13.2 Å². The molecule has 6 heteroatoms. The molecule has 1 fully saturated rings. The average Bonchev–Trinajstić information content (AvgIpc) is 2.99. The van der Waals surface area contributed by atoms with Gasteiger partial charge in [-0.2, -0.15) is 0 Å². The molecule has 1 aliphatic rings. The molecule has 0 amide bonds. The summed E-state index contributed by atoms with van der Waals surface area (Å²) in [6, 6.07) is 0. The summed E-state index contributed by atoms with van der Waals surface area (Å²) in [6.07, 6.45) is 7.68. The number of aliphatic imine (C=N–C) groups is 1. The molecular weight excluding hydrogens is 393 g/mol. The molecule has 1 rings (SSSR count). The quantitative estimate of drug-likeness (QED) is 0.244. The molecule has 0 aromatic heterocycles. The van der Waals surface area contributed by atoms with Crippen molar-refractivity contribution in [3.05, 3.63) is 0 Å². The van der Waals surface area contributed by atoms with E-state index in [0.29, 0.717) is 18.6 Å². The molecule has 0 aromatic carbocycles. The number of hydrogen-bond donors (Lipinski definition) is 2. The highest BCUT2D eigenvalue weighted by atomic mass is 127. The van der Waals surface area contributed by atoms with Crippen LogP contribution in [0.2, 0.25) is 0 Å². The Morgan fingerprint density at radius 1 is 1.14 bits per heavy atom. The van der Waals surface area contributed by atoms with Crippen molar-refractivity contribution in [2.24, 2.45) is 10.4 Å². The number of rotatable bonds is 10. The summed E-state index contributed by atoms with van der Waals surface area (Å²) in [6.45, 7) is 6.31. The number of guanidine groups is 1. The number of methoxy groups -OCH3 is 1. The molecule has 0 atom stereocenters. The average molecular weight is 427 g/mol. The van der Waals surface area contributed by atoms with Crippen LogP contribution in [-0.4, -0.2) is 53.0 Å². The lowest BCUT2D eigenvalue weighted by Gasteiger charge is -2.28. The van der Waals surface area contributed by atoms with Crippen LogP contribution in [0.25, 0.3) is 0 Å². The van der Waals surface area contributed by atoms with E-state index in [2.05, 4.69) is 22.5 Å². The van der Waals surface area contributed by atoms with Crippen LogP contribution < -0.4 is 10.6 Å². The van der Waals surface area contributed by atoms with Crippen LogP contribution in [0.3, 0.4) is 0 Å². The van der Waals surface area contributed by atoms with Crippen LogP contribution in [0, 0.1) is 5.41 Å². The van der Waals surface area contributed by atoms with Gasteiger partial charge in [-0.15, -0.1) is 24.0 Å². The van der Waals surface area contributed by atoms with E-state index in [4.69, 9.17) is 9.47 Å². The highest BCUT2D eigenvalue weighted by molar-refractivity contribution is 14.0. The first kappa shape index (κ1) is 21.9. The lowest BCUT2D eigenvalue weighted by molar-refractivity contribution is 0.0698. The molecule has 22 heavy (non-hydrogen) atoms. The Balaban J connectivity index is 0.00000441. The first-order valence-electron chi connectivity index (χ1n) is 8.27. The van der Waals surface area contributed by atoms with Crippen molar-refractivity contribution in [2.45, 2.75) is 45.4 Å². The SMILES string of the molecule is CCC1(CNC(=NC)NCCCOCCOC)CCCC1.I. The Bertz CT molecular complexity index is 295. The van der Waals surface area contributed by atoms with Crippen molar-refractivity contribution < 1.29 is 9.47 Å². The zero-order valence-corrected chi connectivity index (χ0v) is 16.8. The van der Waals surface area contributed by atoms with E-state index in [1.807, 2.05) is 7.05 Å². The van der Waals surface area contributed by atoms with Gasteiger partial charge >= 0.3 is 0 Å². The van der Waals surface area contributed by atoms with Gasteiger partial charge in [-0.1, -0.05) is 19.8 Å². The number of ether oxygens (including phenoxy) is 2. The molecule has 0 aromatic rings. The smallest absolute Gasteiger partial charge is 0.190 e. The third-order valence-corrected chi connectivity index (χ3v) is 4.46. The second kappa shape index (κ2) is 13.4. The minimum atomic E-state index is 0. The van der Waals surface area contributed by atoms with E-state index < -0.39 is 0 Å². The zero-order chi connectivity index (χ0) is 15.4. The Hall–Kier alpha value is -0.0800. The predicted octanol–water partition coefficient (Wildman–Crippen LogP) is 2.79. The summed E-state index contributed by atoms with van der Waals surface area (Å²) < 4.78 is 10.4. The third kappa shape index (κ3) is 8.53. The summed E-state index contributed by atoms with van der Waals surface area (Å²) in [5.74, 6) is 0.909. The molecular formula is C16H34IN3O2. The maximum absolute atomic E-state index is 5.44. The Labute approximate surface area is 153 Å². The predicted molar refractivity (Wildman–Crippen MR) is 103 cm³/mol. The molecule has 0 bridgehead atoms. The van der Waals surface area contributed by atoms with Gasteiger partial charge in [0.25, 0.3) is 0 Å². The van der Waals surface area contributed by atoms with Gasteiger partial charge < -0.3 is 20.1 Å². The fraction of sp³-hybridized carbons (Fsp3) is 0.938. The third-order valence-electron chi connectivity index (χ3n) is 4.46. The highest BCUT2D eigenvalue weighted by Crippen LogP contribution is 2.40. The maximum Gasteiger partial charge on any atom is 0.190 e. The molecule has 2 N–H and O–H groups in total. The van der Waals surface area contributed by atoms with Crippen LogP contribution >= 0.6 is 24.0 Å². The van der Waals surface area contributed by atoms with Gasteiger partial charge in [0.1, 0.15) is 0 Å². The van der Waals surface area contributed by atoms with Crippen LogP contribution in [0.4, 0.5) is 0 Å². The lowest BCUT2D eigenvalue weighted by atomic mass is 9.83. The lowest BCUT2D eigenvalue weighted by Crippen LogP contribution is -2.43. The molecule has 0 saturated heterocycles. The maximum atomic E-state index is 5.44. The molecule has 132 valence electrons. The van der Waals surface area contributed by atoms with Crippen molar-refractivity contribution in [3.63, 3.8) is 0 Å². The molecule has 1 aliphatic carbocycles. The summed E-state index contributed by atoms with van der Waals surface area (Å²) >= 11 is 0. The largest absolute Gasteiger partial charge is 0.382 e. The second-order valence-corrected chi connectivity index (χ2v) is 5.87. The molecule has 0 spiro atoms. The van der Waals surface area contributed by atoms with Gasteiger partial charge in [0.2, 0.25) is 0 Å². The Morgan fingerprint density at radius 3 is 2.45 bits per heavy atom. The number of halogens is 1. The molecule has 0 unspecified atom stereocenters. The van der Waals surface area contributed by atoms with E-state index >= 15 is 0 Å². The van der Waals surface area contributed by atoms with Crippen molar-refractivity contribution in [3.8, 4) is 0 Å². The summed E-state index contributed by atoms with van der Waals surface area (Å²) in [5.41, 5.74) is 0.487. The summed E-state index contributed by atoms with van der Waals surface area (Å²) in [7, 11) is 3.52. The van der Waals surface area contributed by atoms with Crippen LogP contribution in [0.5, 0.6) is 0 Å². The van der Waals surface area contributed by atoms with Crippen LogP contribution in [0.15, 0.2) is 4.99 Å². The Kier molecular flexibility index (Phi) is 13.3. The highest BCUT2D eigenvalue weighted by Gasteiger charge is 2.31. The van der Waals surface area contributed by atoms with E-state index in [-0.39, 0.29) is 24.0 Å². The molecule has 0 heterocycles. The van der Waals surface area contributed by atoms with Crippen molar-refractivity contribution in [1.29, 1.82) is 0 Å². The van der Waals surface area contributed by atoms with E-state index in [1.54, 1.807) is 7.11 Å². The minimum absolute atomic E-state index is 0. The van der Waals surface area contributed by atoms with E-state index in [0.717, 1.165) is 32.1 Å². The van der Waals surface area contributed by atoms with Gasteiger partial charge in [0, 0.05) is 33.9 Å². The standard InChI is InChI=1S/C16H33N3O2.HI/c1-4-16(8-5-6-9-16)14-19-15(17-2)18-10-7-11-21-13-12-20-3;/h4-14H2,1-3H3,(H2,17,18,19);1H. The topological polar surface area (TPSA) is 54.9 Å². The summed E-state index contributed by atoms with van der Waals surface area (Å²) in [5, 5.41) is 6.85. The van der Waals surface area contributed by atoms with E-state index in [1.165, 1.54) is 32.1 Å². The fourth-order valence-corrected chi connectivity index (χ4v) is 2.90. The van der Waals surface area contributed by atoms with Gasteiger partial charge in [-0.3, -0.25) is 4.99 Å². The normalized spacial score (nSPS) is 17.1. The minimum Gasteiger partial charge on any atom is -0.382 e. The van der Waals surface area contributed by atoms with Crippen LogP contribution in [-0.2, 0) is 9.47 Å². The zero-order valence-electron chi connectivity index (χ0n) is 14.5. The van der Waals surface area contributed by atoms with Gasteiger partial charge in [-0.05, 0) is 31.1 Å². The molecule has 5 nitrogen and oxygen atoms in total.